The van der Waals surface area contributed by atoms with Crippen molar-refractivity contribution in [3.05, 3.63) is 28.7 Å². The monoisotopic (exact) mass is 344 g/mol. The molecule has 0 heterocycles. The minimum atomic E-state index is 0.138. The lowest BCUT2D eigenvalue weighted by Gasteiger charge is -2.12. The Morgan fingerprint density at radius 1 is 1.37 bits per heavy atom. The molecule has 0 bridgehead atoms. The lowest BCUT2D eigenvalue weighted by atomic mass is 10.3. The van der Waals surface area contributed by atoms with Gasteiger partial charge in [-0.25, -0.2) is 0 Å². The van der Waals surface area contributed by atoms with Crippen molar-refractivity contribution in [3.8, 4) is 0 Å². The lowest BCUT2D eigenvalue weighted by molar-refractivity contribution is -0.121. The molecular weight excluding hydrogens is 324 g/mol. The summed E-state index contributed by atoms with van der Waals surface area (Å²) >= 11 is 5.19. The number of carbonyl (C=O) groups excluding carboxylic acids is 1. The van der Waals surface area contributed by atoms with Crippen LogP contribution in [0.25, 0.3) is 0 Å². The summed E-state index contributed by atoms with van der Waals surface area (Å²) in [5.41, 5.74) is 0. The Hall–Kier alpha value is -0.520. The van der Waals surface area contributed by atoms with Crippen molar-refractivity contribution < 1.29 is 4.79 Å². The van der Waals surface area contributed by atoms with Gasteiger partial charge in [0.25, 0.3) is 0 Å². The fourth-order valence-electron chi connectivity index (χ4n) is 1.56. The van der Waals surface area contributed by atoms with E-state index in [9.17, 15) is 4.79 Å². The van der Waals surface area contributed by atoms with Crippen molar-refractivity contribution in [2.24, 2.45) is 0 Å². The number of amides is 1. The first-order valence-corrected chi connectivity index (χ1v) is 8.12. The first-order valence-electron chi connectivity index (χ1n) is 6.45. The normalized spacial score (nSPS) is 12.2. The van der Waals surface area contributed by atoms with Gasteiger partial charge >= 0.3 is 0 Å². The molecule has 1 aromatic rings. The van der Waals surface area contributed by atoms with E-state index in [1.165, 1.54) is 4.90 Å². The molecule has 0 fully saturated rings. The number of benzene rings is 1. The van der Waals surface area contributed by atoms with E-state index < -0.39 is 0 Å². The second kappa shape index (κ2) is 9.39. The van der Waals surface area contributed by atoms with Crippen molar-refractivity contribution in [2.45, 2.75) is 29.9 Å². The lowest BCUT2D eigenvalue weighted by Crippen LogP contribution is -2.29. The van der Waals surface area contributed by atoms with Crippen LogP contribution in [0.3, 0.4) is 0 Å². The second-order valence-electron chi connectivity index (χ2n) is 4.39. The van der Waals surface area contributed by atoms with Crippen LogP contribution in [-0.2, 0) is 4.79 Å². The molecule has 0 saturated carbocycles. The molecule has 0 aliphatic heterocycles. The highest BCUT2D eigenvalue weighted by atomic mass is 79.9. The van der Waals surface area contributed by atoms with Gasteiger partial charge in [0.15, 0.2) is 0 Å². The molecule has 2 N–H and O–H groups in total. The van der Waals surface area contributed by atoms with Gasteiger partial charge in [-0.3, -0.25) is 4.79 Å². The highest BCUT2D eigenvalue weighted by Gasteiger charge is 2.07. The first-order chi connectivity index (χ1) is 9.11. The van der Waals surface area contributed by atoms with Crippen LogP contribution >= 0.6 is 27.7 Å². The zero-order chi connectivity index (χ0) is 14.1. The molecule has 0 radical (unpaired) electrons. The van der Waals surface area contributed by atoms with Crippen LogP contribution in [-0.4, -0.2) is 31.3 Å². The summed E-state index contributed by atoms with van der Waals surface area (Å²) in [6.45, 7) is 3.72. The standard InChI is InChI=1S/C14H21BrN2OS/c1-11(10-17-14(18)4-3-9-16-2)19-13-7-5-12(15)6-8-13/h5-8,11,16H,3-4,9-10H2,1-2H3,(H,17,18). The summed E-state index contributed by atoms with van der Waals surface area (Å²) in [7, 11) is 1.90. The molecule has 1 unspecified atom stereocenters. The van der Waals surface area contributed by atoms with Crippen molar-refractivity contribution in [1.82, 2.24) is 10.6 Å². The molecule has 0 aromatic heterocycles. The van der Waals surface area contributed by atoms with E-state index >= 15 is 0 Å². The van der Waals surface area contributed by atoms with E-state index in [2.05, 4.69) is 45.6 Å². The molecule has 19 heavy (non-hydrogen) atoms. The molecule has 0 spiro atoms. The Balaban J connectivity index is 2.22. The molecule has 1 aromatic carbocycles. The maximum absolute atomic E-state index is 11.6. The quantitative estimate of drug-likeness (QED) is 0.562. The Bertz CT molecular complexity index is 384. The molecule has 1 atom stereocenters. The Kier molecular flexibility index (Phi) is 8.18. The van der Waals surface area contributed by atoms with E-state index in [-0.39, 0.29) is 5.91 Å². The molecule has 5 heteroatoms. The number of thioether (sulfide) groups is 1. The molecule has 1 amide bonds. The number of nitrogens with one attached hydrogen (secondary N) is 2. The van der Waals surface area contributed by atoms with Crippen molar-refractivity contribution in [3.63, 3.8) is 0 Å². The van der Waals surface area contributed by atoms with Crippen LogP contribution in [0.5, 0.6) is 0 Å². The number of carbonyl (C=O) groups is 1. The summed E-state index contributed by atoms with van der Waals surface area (Å²) in [6.07, 6.45) is 1.48. The second-order valence-corrected chi connectivity index (χ2v) is 6.82. The molecule has 106 valence electrons. The van der Waals surface area contributed by atoms with Crippen LogP contribution in [0.4, 0.5) is 0 Å². The predicted molar refractivity (Wildman–Crippen MR) is 85.6 cm³/mol. The zero-order valence-electron chi connectivity index (χ0n) is 11.4. The third-order valence-corrected chi connectivity index (χ3v) is 4.21. The Labute approximate surface area is 128 Å². The van der Waals surface area contributed by atoms with Crippen molar-refractivity contribution in [1.29, 1.82) is 0 Å². The fourth-order valence-corrected chi connectivity index (χ4v) is 2.75. The van der Waals surface area contributed by atoms with Crippen LogP contribution < -0.4 is 10.6 Å². The maximum atomic E-state index is 11.6. The average Bonchev–Trinajstić information content (AvgIpc) is 2.39. The number of halogens is 1. The molecule has 0 aliphatic carbocycles. The van der Waals surface area contributed by atoms with E-state index in [4.69, 9.17) is 0 Å². The van der Waals surface area contributed by atoms with E-state index in [0.29, 0.717) is 18.2 Å². The summed E-state index contributed by atoms with van der Waals surface area (Å²) in [5.74, 6) is 0.138. The number of hydrogen-bond donors (Lipinski definition) is 2. The van der Waals surface area contributed by atoms with Gasteiger partial charge in [-0.15, -0.1) is 11.8 Å². The van der Waals surface area contributed by atoms with Gasteiger partial charge in [-0.05, 0) is 44.3 Å². The SMILES string of the molecule is CNCCCC(=O)NCC(C)Sc1ccc(Br)cc1. The van der Waals surface area contributed by atoms with Gasteiger partial charge in [0.2, 0.25) is 5.91 Å². The van der Waals surface area contributed by atoms with Crippen LogP contribution in [0.2, 0.25) is 0 Å². The van der Waals surface area contributed by atoms with Crippen LogP contribution in [0.15, 0.2) is 33.6 Å². The smallest absolute Gasteiger partial charge is 0.220 e. The maximum Gasteiger partial charge on any atom is 0.220 e. The minimum Gasteiger partial charge on any atom is -0.355 e. The highest BCUT2D eigenvalue weighted by Crippen LogP contribution is 2.24. The third-order valence-electron chi connectivity index (χ3n) is 2.57. The first kappa shape index (κ1) is 16.5. The fraction of sp³-hybridized carbons (Fsp3) is 0.500. The molecule has 0 saturated heterocycles. The van der Waals surface area contributed by atoms with E-state index in [1.807, 2.05) is 19.2 Å². The highest BCUT2D eigenvalue weighted by molar-refractivity contribution is 9.10. The molecule has 1 rings (SSSR count). The van der Waals surface area contributed by atoms with Crippen molar-refractivity contribution in [2.75, 3.05) is 20.1 Å². The van der Waals surface area contributed by atoms with Gasteiger partial charge in [0.1, 0.15) is 0 Å². The van der Waals surface area contributed by atoms with E-state index in [1.54, 1.807) is 11.8 Å². The van der Waals surface area contributed by atoms with Gasteiger partial charge in [-0.1, -0.05) is 22.9 Å². The molecule has 3 nitrogen and oxygen atoms in total. The summed E-state index contributed by atoms with van der Waals surface area (Å²) in [5, 5.41) is 6.38. The largest absolute Gasteiger partial charge is 0.355 e. The van der Waals surface area contributed by atoms with Crippen LogP contribution in [0, 0.1) is 0 Å². The Morgan fingerprint density at radius 2 is 2.05 bits per heavy atom. The number of hydrogen-bond acceptors (Lipinski definition) is 3. The van der Waals surface area contributed by atoms with Crippen molar-refractivity contribution >= 4 is 33.6 Å². The zero-order valence-corrected chi connectivity index (χ0v) is 13.8. The van der Waals surface area contributed by atoms with Gasteiger partial charge < -0.3 is 10.6 Å². The predicted octanol–water partition coefficient (Wildman–Crippen LogP) is 3.05. The third kappa shape index (κ3) is 7.60. The van der Waals surface area contributed by atoms with Crippen LogP contribution in [0.1, 0.15) is 19.8 Å². The number of rotatable bonds is 8. The Morgan fingerprint density at radius 3 is 2.68 bits per heavy atom. The average molecular weight is 345 g/mol. The van der Waals surface area contributed by atoms with Gasteiger partial charge in [0.05, 0.1) is 0 Å². The van der Waals surface area contributed by atoms with Gasteiger partial charge in [0, 0.05) is 27.6 Å². The summed E-state index contributed by atoms with van der Waals surface area (Å²) in [4.78, 5) is 12.8. The topological polar surface area (TPSA) is 41.1 Å². The molecule has 0 aliphatic rings. The van der Waals surface area contributed by atoms with E-state index in [0.717, 1.165) is 17.4 Å². The summed E-state index contributed by atoms with van der Waals surface area (Å²) < 4.78 is 1.09. The molecular formula is C14H21BrN2OS. The summed E-state index contributed by atoms with van der Waals surface area (Å²) in [6, 6.07) is 8.23. The minimum absolute atomic E-state index is 0.138. The van der Waals surface area contributed by atoms with Gasteiger partial charge in [-0.2, -0.15) is 0 Å².